The SMILES string of the molecule is Cc1ccc(C(=O)N2CCN(c3ccc(C(N)=O)cc3)CC2)cc1. The minimum atomic E-state index is -0.421. The standard InChI is InChI=1S/C19H21N3O2/c1-14-2-4-16(5-3-14)19(24)22-12-10-21(11-13-22)17-8-6-15(7-9-17)18(20)23/h2-9H,10-13H2,1H3,(H2,20,23). The van der Waals surface area contributed by atoms with Crippen molar-refractivity contribution in [3.63, 3.8) is 0 Å². The molecule has 2 amide bonds. The van der Waals surface area contributed by atoms with Crippen LogP contribution in [0.1, 0.15) is 26.3 Å². The first-order chi connectivity index (χ1) is 11.5. The van der Waals surface area contributed by atoms with Crippen molar-refractivity contribution in [2.75, 3.05) is 31.1 Å². The predicted molar refractivity (Wildman–Crippen MR) is 94.3 cm³/mol. The van der Waals surface area contributed by atoms with E-state index in [4.69, 9.17) is 5.73 Å². The molecule has 1 heterocycles. The van der Waals surface area contributed by atoms with E-state index < -0.39 is 5.91 Å². The first-order valence-electron chi connectivity index (χ1n) is 8.05. The summed E-state index contributed by atoms with van der Waals surface area (Å²) in [6.07, 6.45) is 0. The van der Waals surface area contributed by atoms with Gasteiger partial charge in [0.15, 0.2) is 0 Å². The van der Waals surface area contributed by atoms with E-state index in [1.165, 1.54) is 0 Å². The van der Waals surface area contributed by atoms with Gasteiger partial charge in [0.1, 0.15) is 0 Å². The van der Waals surface area contributed by atoms with Crippen LogP contribution >= 0.6 is 0 Å². The predicted octanol–water partition coefficient (Wildman–Crippen LogP) is 2.06. The van der Waals surface area contributed by atoms with Crippen LogP contribution in [0.5, 0.6) is 0 Å². The first kappa shape index (κ1) is 16.1. The van der Waals surface area contributed by atoms with Crippen LogP contribution in [0.2, 0.25) is 0 Å². The van der Waals surface area contributed by atoms with Gasteiger partial charge in [0.2, 0.25) is 5.91 Å². The van der Waals surface area contributed by atoms with Gasteiger partial charge >= 0.3 is 0 Å². The smallest absolute Gasteiger partial charge is 0.253 e. The molecule has 2 N–H and O–H groups in total. The Labute approximate surface area is 141 Å². The van der Waals surface area contributed by atoms with Crippen LogP contribution in [-0.2, 0) is 0 Å². The minimum Gasteiger partial charge on any atom is -0.368 e. The average molecular weight is 323 g/mol. The molecule has 0 saturated carbocycles. The number of hydrogen-bond donors (Lipinski definition) is 1. The fraction of sp³-hybridized carbons (Fsp3) is 0.263. The molecule has 1 fully saturated rings. The highest BCUT2D eigenvalue weighted by Crippen LogP contribution is 2.18. The molecule has 0 aliphatic carbocycles. The van der Waals surface area contributed by atoms with Crippen molar-refractivity contribution in [3.8, 4) is 0 Å². The number of carbonyl (C=O) groups is 2. The molecule has 5 heteroatoms. The monoisotopic (exact) mass is 323 g/mol. The summed E-state index contributed by atoms with van der Waals surface area (Å²) in [6, 6.07) is 15.0. The van der Waals surface area contributed by atoms with Gasteiger partial charge in [0, 0.05) is 43.0 Å². The van der Waals surface area contributed by atoms with E-state index >= 15 is 0 Å². The highest BCUT2D eigenvalue weighted by atomic mass is 16.2. The maximum absolute atomic E-state index is 12.5. The maximum atomic E-state index is 12.5. The van der Waals surface area contributed by atoms with E-state index in [-0.39, 0.29) is 5.91 Å². The molecule has 3 rings (SSSR count). The second-order valence-corrected chi connectivity index (χ2v) is 6.06. The first-order valence-corrected chi connectivity index (χ1v) is 8.05. The molecule has 2 aromatic carbocycles. The Morgan fingerprint density at radius 2 is 1.38 bits per heavy atom. The number of hydrogen-bond acceptors (Lipinski definition) is 3. The van der Waals surface area contributed by atoms with Crippen LogP contribution in [0.25, 0.3) is 0 Å². The van der Waals surface area contributed by atoms with Crippen molar-refractivity contribution in [2.24, 2.45) is 5.73 Å². The van der Waals surface area contributed by atoms with E-state index in [0.717, 1.165) is 29.9 Å². The Morgan fingerprint density at radius 1 is 0.833 bits per heavy atom. The Hall–Kier alpha value is -2.82. The van der Waals surface area contributed by atoms with Crippen LogP contribution < -0.4 is 10.6 Å². The molecule has 2 aromatic rings. The van der Waals surface area contributed by atoms with Gasteiger partial charge < -0.3 is 15.5 Å². The van der Waals surface area contributed by atoms with Crippen molar-refractivity contribution < 1.29 is 9.59 Å². The molecule has 0 radical (unpaired) electrons. The van der Waals surface area contributed by atoms with Crippen LogP contribution in [0, 0.1) is 6.92 Å². The van der Waals surface area contributed by atoms with Crippen molar-refractivity contribution >= 4 is 17.5 Å². The fourth-order valence-electron chi connectivity index (χ4n) is 2.88. The van der Waals surface area contributed by atoms with Gasteiger partial charge in [0.25, 0.3) is 5.91 Å². The van der Waals surface area contributed by atoms with Crippen LogP contribution in [0.15, 0.2) is 48.5 Å². The van der Waals surface area contributed by atoms with Crippen LogP contribution in [0.4, 0.5) is 5.69 Å². The number of rotatable bonds is 3. The number of nitrogens with zero attached hydrogens (tertiary/aromatic N) is 2. The van der Waals surface area contributed by atoms with Gasteiger partial charge in [-0.2, -0.15) is 0 Å². The Bertz CT molecular complexity index is 730. The summed E-state index contributed by atoms with van der Waals surface area (Å²) in [4.78, 5) is 27.8. The third-order valence-corrected chi connectivity index (χ3v) is 4.38. The Morgan fingerprint density at radius 3 is 1.92 bits per heavy atom. The van der Waals surface area contributed by atoms with Crippen molar-refractivity contribution in [1.82, 2.24) is 4.90 Å². The lowest BCUT2D eigenvalue weighted by atomic mass is 10.1. The number of nitrogens with two attached hydrogens (primary N) is 1. The Balaban J connectivity index is 1.62. The molecule has 0 spiro atoms. The zero-order valence-electron chi connectivity index (χ0n) is 13.7. The van der Waals surface area contributed by atoms with Crippen LogP contribution in [-0.4, -0.2) is 42.9 Å². The van der Waals surface area contributed by atoms with Crippen molar-refractivity contribution in [2.45, 2.75) is 6.92 Å². The second-order valence-electron chi connectivity index (χ2n) is 6.06. The zero-order chi connectivity index (χ0) is 17.1. The molecule has 0 aromatic heterocycles. The molecule has 124 valence electrons. The summed E-state index contributed by atoms with van der Waals surface area (Å²) in [5.74, 6) is -0.339. The molecule has 1 saturated heterocycles. The summed E-state index contributed by atoms with van der Waals surface area (Å²) in [5, 5.41) is 0. The third kappa shape index (κ3) is 3.40. The number of carbonyl (C=O) groups excluding carboxylic acids is 2. The highest BCUT2D eigenvalue weighted by Gasteiger charge is 2.22. The van der Waals surface area contributed by atoms with Gasteiger partial charge in [-0.15, -0.1) is 0 Å². The summed E-state index contributed by atoms with van der Waals surface area (Å²) >= 11 is 0. The highest BCUT2D eigenvalue weighted by molar-refractivity contribution is 5.94. The van der Waals surface area contributed by atoms with Gasteiger partial charge in [0.05, 0.1) is 0 Å². The lowest BCUT2D eigenvalue weighted by Gasteiger charge is -2.36. The number of piperazine rings is 1. The van der Waals surface area contributed by atoms with Crippen molar-refractivity contribution in [1.29, 1.82) is 0 Å². The minimum absolute atomic E-state index is 0.0822. The summed E-state index contributed by atoms with van der Waals surface area (Å²) in [7, 11) is 0. The maximum Gasteiger partial charge on any atom is 0.253 e. The molecule has 1 aliphatic rings. The largest absolute Gasteiger partial charge is 0.368 e. The number of primary amides is 1. The zero-order valence-corrected chi connectivity index (χ0v) is 13.7. The van der Waals surface area contributed by atoms with Gasteiger partial charge in [-0.05, 0) is 43.3 Å². The molecule has 5 nitrogen and oxygen atoms in total. The number of amides is 2. The van der Waals surface area contributed by atoms with E-state index in [1.54, 1.807) is 12.1 Å². The normalized spacial score (nSPS) is 14.5. The lowest BCUT2D eigenvalue weighted by molar-refractivity contribution is 0.0746. The summed E-state index contributed by atoms with van der Waals surface area (Å²) < 4.78 is 0. The average Bonchev–Trinajstić information content (AvgIpc) is 2.62. The van der Waals surface area contributed by atoms with E-state index in [9.17, 15) is 9.59 Å². The Kier molecular flexibility index (Phi) is 4.51. The molecular weight excluding hydrogens is 302 g/mol. The van der Waals surface area contributed by atoms with Crippen LogP contribution in [0.3, 0.4) is 0 Å². The number of aryl methyl sites for hydroxylation is 1. The second kappa shape index (κ2) is 6.74. The summed E-state index contributed by atoms with van der Waals surface area (Å²) in [5.41, 5.74) is 8.70. The number of anilines is 1. The quantitative estimate of drug-likeness (QED) is 0.940. The molecule has 1 aliphatic heterocycles. The van der Waals surface area contributed by atoms with E-state index in [0.29, 0.717) is 18.7 Å². The van der Waals surface area contributed by atoms with E-state index in [2.05, 4.69) is 4.90 Å². The number of benzene rings is 2. The summed E-state index contributed by atoms with van der Waals surface area (Å²) in [6.45, 7) is 4.92. The molecule has 0 unspecified atom stereocenters. The molecular formula is C19H21N3O2. The fourth-order valence-corrected chi connectivity index (χ4v) is 2.88. The van der Waals surface area contributed by atoms with Crippen molar-refractivity contribution in [3.05, 3.63) is 65.2 Å². The molecule has 24 heavy (non-hydrogen) atoms. The topological polar surface area (TPSA) is 66.6 Å². The third-order valence-electron chi connectivity index (χ3n) is 4.38. The van der Waals surface area contributed by atoms with E-state index in [1.807, 2.05) is 48.2 Å². The molecule has 0 bridgehead atoms. The van der Waals surface area contributed by atoms with Gasteiger partial charge in [-0.1, -0.05) is 17.7 Å². The lowest BCUT2D eigenvalue weighted by Crippen LogP contribution is -2.48. The molecule has 0 atom stereocenters. The van der Waals surface area contributed by atoms with Gasteiger partial charge in [-0.25, -0.2) is 0 Å². The van der Waals surface area contributed by atoms with Gasteiger partial charge in [-0.3, -0.25) is 9.59 Å².